The number of hydrogen-bond acceptors (Lipinski definition) is 2. The predicted molar refractivity (Wildman–Crippen MR) is 82.6 cm³/mol. The van der Waals surface area contributed by atoms with E-state index < -0.39 is 5.82 Å². The number of hydrogen-bond donors (Lipinski definition) is 1. The minimum absolute atomic E-state index is 0.279. The van der Waals surface area contributed by atoms with Crippen molar-refractivity contribution in [2.75, 3.05) is 5.32 Å². The summed E-state index contributed by atoms with van der Waals surface area (Å²) in [5, 5.41) is 12.6. The lowest BCUT2D eigenvalue weighted by Gasteiger charge is -2.12. The van der Waals surface area contributed by atoms with E-state index >= 15 is 0 Å². The molecule has 0 unspecified atom stereocenters. The van der Waals surface area contributed by atoms with Gasteiger partial charge in [-0.05, 0) is 45.8 Å². The van der Waals surface area contributed by atoms with Crippen LogP contribution in [0, 0.1) is 17.1 Å². The van der Waals surface area contributed by atoms with Gasteiger partial charge in [0.05, 0.1) is 22.3 Å². The Morgan fingerprint density at radius 2 is 1.95 bits per heavy atom. The third-order valence-electron chi connectivity index (χ3n) is 2.64. The number of nitrogens with zero attached hydrogens (tertiary/aromatic N) is 1. The maximum Gasteiger partial charge on any atom is 0.125 e. The number of benzene rings is 2. The van der Waals surface area contributed by atoms with Crippen molar-refractivity contribution in [3.05, 3.63) is 61.8 Å². The topological polar surface area (TPSA) is 35.8 Å². The van der Waals surface area contributed by atoms with Crippen LogP contribution in [-0.4, -0.2) is 0 Å². The second kappa shape index (κ2) is 6.45. The summed E-state index contributed by atoms with van der Waals surface area (Å²) in [4.78, 5) is 0. The molecule has 0 aliphatic heterocycles. The van der Waals surface area contributed by atoms with Crippen molar-refractivity contribution in [3.8, 4) is 6.07 Å². The Balaban J connectivity index is 2.20. The number of nitriles is 1. The predicted octanol–water partition coefficient (Wildman–Crippen LogP) is 5.38. The van der Waals surface area contributed by atoms with Gasteiger partial charge in [-0.2, -0.15) is 5.26 Å². The fraction of sp³-hybridized carbons (Fsp3) is 0.0714. The van der Waals surface area contributed by atoms with E-state index in [4.69, 9.17) is 28.5 Å². The normalized spacial score (nSPS) is 10.2. The smallest absolute Gasteiger partial charge is 0.125 e. The van der Waals surface area contributed by atoms with Gasteiger partial charge in [-0.3, -0.25) is 0 Å². The molecule has 2 aromatic carbocycles. The van der Waals surface area contributed by atoms with Crippen molar-refractivity contribution in [2.24, 2.45) is 0 Å². The minimum Gasteiger partial charge on any atom is -0.379 e. The van der Waals surface area contributed by atoms with Crippen molar-refractivity contribution >= 4 is 44.8 Å². The molecule has 6 heteroatoms. The summed E-state index contributed by atoms with van der Waals surface area (Å²) in [5.41, 5.74) is 1.91. The lowest BCUT2D eigenvalue weighted by molar-refractivity contribution is 0.627. The lowest BCUT2D eigenvalue weighted by Crippen LogP contribution is -2.02. The summed E-state index contributed by atoms with van der Waals surface area (Å²) in [6, 6.07) is 9.62. The number of rotatable bonds is 3. The monoisotopic (exact) mass is 372 g/mol. The minimum atomic E-state index is -0.413. The van der Waals surface area contributed by atoms with Crippen LogP contribution in [0.3, 0.4) is 0 Å². The van der Waals surface area contributed by atoms with Gasteiger partial charge in [0, 0.05) is 16.0 Å². The zero-order valence-corrected chi connectivity index (χ0v) is 13.2. The van der Waals surface area contributed by atoms with Crippen molar-refractivity contribution in [1.82, 2.24) is 0 Å². The highest BCUT2D eigenvalue weighted by atomic mass is 79.9. The first-order chi connectivity index (χ1) is 9.51. The van der Waals surface area contributed by atoms with Gasteiger partial charge in [0.1, 0.15) is 5.82 Å². The fourth-order valence-electron chi connectivity index (χ4n) is 1.65. The maximum absolute atomic E-state index is 13.1. The molecule has 0 spiro atoms. The van der Waals surface area contributed by atoms with Gasteiger partial charge in [0.2, 0.25) is 0 Å². The van der Waals surface area contributed by atoms with Gasteiger partial charge in [0.15, 0.2) is 0 Å². The molecule has 0 aliphatic rings. The molecule has 0 saturated heterocycles. The average molecular weight is 374 g/mol. The summed E-state index contributed by atoms with van der Waals surface area (Å²) in [7, 11) is 0. The second-order valence-electron chi connectivity index (χ2n) is 4.02. The van der Waals surface area contributed by atoms with E-state index in [1.54, 1.807) is 18.2 Å². The molecule has 0 aliphatic carbocycles. The molecule has 0 atom stereocenters. The Kier molecular flexibility index (Phi) is 4.87. The Labute approximate surface area is 134 Å². The van der Waals surface area contributed by atoms with Crippen LogP contribution in [-0.2, 0) is 6.54 Å². The van der Waals surface area contributed by atoms with E-state index in [0.717, 1.165) is 5.56 Å². The molecular formula is C14H8BrCl2FN2. The maximum atomic E-state index is 13.1. The van der Waals surface area contributed by atoms with E-state index in [2.05, 4.69) is 21.2 Å². The van der Waals surface area contributed by atoms with Gasteiger partial charge < -0.3 is 5.32 Å². The number of nitrogens with one attached hydrogen (secondary N) is 1. The van der Waals surface area contributed by atoms with E-state index in [9.17, 15) is 4.39 Å². The SMILES string of the molecule is N#Cc1ccc(CNc2c(Cl)cc(F)cc2Br)c(Cl)c1. The third-order valence-corrected chi connectivity index (χ3v) is 3.92. The second-order valence-corrected chi connectivity index (χ2v) is 5.68. The average Bonchev–Trinajstić information content (AvgIpc) is 2.39. The zero-order valence-electron chi connectivity index (χ0n) is 10.1. The Morgan fingerprint density at radius 3 is 2.55 bits per heavy atom. The van der Waals surface area contributed by atoms with Crippen LogP contribution < -0.4 is 5.32 Å². The Bertz CT molecular complexity index is 675. The van der Waals surface area contributed by atoms with Gasteiger partial charge in [-0.15, -0.1) is 0 Å². The summed E-state index contributed by atoms with van der Waals surface area (Å²) >= 11 is 15.3. The quantitative estimate of drug-likeness (QED) is 0.783. The molecule has 2 aromatic rings. The molecule has 20 heavy (non-hydrogen) atoms. The molecule has 0 amide bonds. The molecule has 0 fully saturated rings. The molecule has 0 radical (unpaired) electrons. The Hall–Kier alpha value is -1.28. The van der Waals surface area contributed by atoms with Gasteiger partial charge in [0.25, 0.3) is 0 Å². The van der Waals surface area contributed by atoms with Crippen LogP contribution in [0.25, 0.3) is 0 Å². The third kappa shape index (κ3) is 3.43. The standard InChI is InChI=1S/C14H8BrCl2FN2/c15-11-4-10(18)5-13(17)14(11)20-7-9-2-1-8(6-19)3-12(9)16/h1-5,20H,7H2. The fourth-order valence-corrected chi connectivity index (χ4v) is 2.86. The summed E-state index contributed by atoms with van der Waals surface area (Å²) in [6.45, 7) is 0.411. The van der Waals surface area contributed by atoms with E-state index in [-0.39, 0.29) is 5.02 Å². The number of halogens is 4. The lowest BCUT2D eigenvalue weighted by atomic mass is 10.1. The molecule has 0 saturated carbocycles. The number of anilines is 1. The first-order valence-electron chi connectivity index (χ1n) is 5.58. The molecule has 0 aromatic heterocycles. The van der Waals surface area contributed by atoms with E-state index in [0.29, 0.717) is 27.3 Å². The first-order valence-corrected chi connectivity index (χ1v) is 7.13. The van der Waals surface area contributed by atoms with Crippen molar-refractivity contribution in [1.29, 1.82) is 5.26 Å². The molecule has 2 nitrogen and oxygen atoms in total. The van der Waals surface area contributed by atoms with Crippen LogP contribution in [0.4, 0.5) is 10.1 Å². The van der Waals surface area contributed by atoms with Crippen LogP contribution in [0.5, 0.6) is 0 Å². The summed E-state index contributed by atoms with van der Waals surface area (Å²) in [6.07, 6.45) is 0. The van der Waals surface area contributed by atoms with Crippen molar-refractivity contribution < 1.29 is 4.39 Å². The van der Waals surface area contributed by atoms with Crippen LogP contribution in [0.1, 0.15) is 11.1 Å². The van der Waals surface area contributed by atoms with Crippen LogP contribution in [0.2, 0.25) is 10.0 Å². The zero-order chi connectivity index (χ0) is 14.7. The molecule has 0 bridgehead atoms. The van der Waals surface area contributed by atoms with Crippen molar-refractivity contribution in [2.45, 2.75) is 6.54 Å². The van der Waals surface area contributed by atoms with Gasteiger partial charge in [-0.1, -0.05) is 29.3 Å². The van der Waals surface area contributed by atoms with Crippen molar-refractivity contribution in [3.63, 3.8) is 0 Å². The molecule has 2 rings (SSSR count). The summed E-state index contributed by atoms with van der Waals surface area (Å²) < 4.78 is 13.7. The highest BCUT2D eigenvalue weighted by Crippen LogP contribution is 2.32. The highest BCUT2D eigenvalue weighted by molar-refractivity contribution is 9.10. The first kappa shape index (κ1) is 15.1. The molecule has 1 N–H and O–H groups in total. The van der Waals surface area contributed by atoms with E-state index in [1.165, 1.54) is 12.1 Å². The van der Waals surface area contributed by atoms with Gasteiger partial charge >= 0.3 is 0 Å². The molecular weight excluding hydrogens is 366 g/mol. The van der Waals surface area contributed by atoms with Crippen LogP contribution in [0.15, 0.2) is 34.8 Å². The molecule has 102 valence electrons. The summed E-state index contributed by atoms with van der Waals surface area (Å²) in [5.74, 6) is -0.413. The highest BCUT2D eigenvalue weighted by Gasteiger charge is 2.09. The van der Waals surface area contributed by atoms with E-state index in [1.807, 2.05) is 6.07 Å². The van der Waals surface area contributed by atoms with Gasteiger partial charge in [-0.25, -0.2) is 4.39 Å². The van der Waals surface area contributed by atoms with Crippen LogP contribution >= 0.6 is 39.1 Å². The largest absolute Gasteiger partial charge is 0.379 e. The Morgan fingerprint density at radius 1 is 1.20 bits per heavy atom. The molecule has 0 heterocycles.